The second-order valence-corrected chi connectivity index (χ2v) is 3.74. The first kappa shape index (κ1) is 12.0. The van der Waals surface area contributed by atoms with Crippen LogP contribution in [0.1, 0.15) is 18.1 Å². The molecule has 0 radical (unpaired) electrons. The van der Waals surface area contributed by atoms with Crippen LogP contribution in [-0.4, -0.2) is 13.0 Å². The average Bonchev–Trinajstić information content (AvgIpc) is 2.17. The highest BCUT2D eigenvalue weighted by Crippen LogP contribution is 2.28. The summed E-state index contributed by atoms with van der Waals surface area (Å²) in [6, 6.07) is 3.67. The fourth-order valence-electron chi connectivity index (χ4n) is 1.38. The molecule has 1 aromatic rings. The number of benzene rings is 1. The van der Waals surface area contributed by atoms with Gasteiger partial charge in [-0.2, -0.15) is 0 Å². The molecule has 15 heavy (non-hydrogen) atoms. The molecule has 0 aliphatic rings. The molecule has 0 spiro atoms. The maximum Gasteiger partial charge on any atom is 0.221 e. The number of hydrogen-bond acceptors (Lipinski definition) is 2. The summed E-state index contributed by atoms with van der Waals surface area (Å²) < 4.78 is 5.05. The first-order valence-electron chi connectivity index (χ1n) is 4.60. The fraction of sp³-hybridized carbons (Fsp3) is 0.364. The number of ether oxygens (including phenoxy) is 1. The summed E-state index contributed by atoms with van der Waals surface area (Å²) in [7, 11) is 1.59. The number of methoxy groups -OCH3 is 1. The summed E-state index contributed by atoms with van der Waals surface area (Å²) in [6.45, 7) is 3.77. The van der Waals surface area contributed by atoms with Gasteiger partial charge in [0.2, 0.25) is 5.91 Å². The minimum absolute atomic E-state index is 0.113. The van der Waals surface area contributed by atoms with Crippen LogP contribution in [0.3, 0.4) is 0 Å². The molecule has 0 aromatic heterocycles. The Morgan fingerprint density at radius 1 is 1.53 bits per heavy atom. The number of rotatable bonds is 3. The number of hydrogen-bond donors (Lipinski definition) is 1. The van der Waals surface area contributed by atoms with Crippen LogP contribution in [0.5, 0.6) is 0 Å². The monoisotopic (exact) mass is 227 g/mol. The van der Waals surface area contributed by atoms with Crippen molar-refractivity contribution in [1.29, 1.82) is 0 Å². The third-order valence-electron chi connectivity index (χ3n) is 2.05. The smallest absolute Gasteiger partial charge is 0.221 e. The lowest BCUT2D eigenvalue weighted by atomic mass is 10.1. The Bertz CT molecular complexity index is 377. The minimum Gasteiger partial charge on any atom is -0.380 e. The second-order valence-electron chi connectivity index (χ2n) is 3.33. The Labute approximate surface area is 94.4 Å². The van der Waals surface area contributed by atoms with E-state index in [9.17, 15) is 4.79 Å². The number of halogens is 1. The third kappa shape index (κ3) is 2.94. The summed E-state index contributed by atoms with van der Waals surface area (Å²) in [5, 5.41) is 3.37. The van der Waals surface area contributed by atoms with E-state index >= 15 is 0 Å². The van der Waals surface area contributed by atoms with Gasteiger partial charge in [-0.1, -0.05) is 17.7 Å². The van der Waals surface area contributed by atoms with Crippen molar-refractivity contribution in [3.63, 3.8) is 0 Å². The van der Waals surface area contributed by atoms with Gasteiger partial charge < -0.3 is 10.1 Å². The molecule has 1 amide bonds. The van der Waals surface area contributed by atoms with Gasteiger partial charge in [-0.05, 0) is 18.6 Å². The predicted molar refractivity (Wildman–Crippen MR) is 61.2 cm³/mol. The summed E-state index contributed by atoms with van der Waals surface area (Å²) in [5.41, 5.74) is 2.54. The fourth-order valence-corrected chi connectivity index (χ4v) is 1.59. The molecule has 1 rings (SSSR count). The van der Waals surface area contributed by atoms with Gasteiger partial charge >= 0.3 is 0 Å². The number of amides is 1. The van der Waals surface area contributed by atoms with Gasteiger partial charge in [0.15, 0.2) is 0 Å². The van der Waals surface area contributed by atoms with Gasteiger partial charge in [0.25, 0.3) is 0 Å². The van der Waals surface area contributed by atoms with Crippen molar-refractivity contribution >= 4 is 23.2 Å². The molecule has 0 saturated heterocycles. The van der Waals surface area contributed by atoms with Crippen LogP contribution < -0.4 is 5.32 Å². The molecule has 4 heteroatoms. The van der Waals surface area contributed by atoms with E-state index in [1.165, 1.54) is 6.92 Å². The summed E-state index contributed by atoms with van der Waals surface area (Å²) in [4.78, 5) is 11.0. The first-order valence-corrected chi connectivity index (χ1v) is 4.98. The van der Waals surface area contributed by atoms with Crippen molar-refractivity contribution < 1.29 is 9.53 Å². The van der Waals surface area contributed by atoms with E-state index in [4.69, 9.17) is 16.3 Å². The van der Waals surface area contributed by atoms with E-state index in [2.05, 4.69) is 5.32 Å². The average molecular weight is 228 g/mol. The lowest BCUT2D eigenvalue weighted by Crippen LogP contribution is -2.10. The van der Waals surface area contributed by atoms with Gasteiger partial charge in [0, 0.05) is 24.6 Å². The molecule has 0 unspecified atom stereocenters. The van der Waals surface area contributed by atoms with Crippen LogP contribution in [-0.2, 0) is 16.1 Å². The van der Waals surface area contributed by atoms with Crippen LogP contribution in [0, 0.1) is 6.92 Å². The number of carbonyl (C=O) groups excluding carboxylic acids is 1. The largest absolute Gasteiger partial charge is 0.380 e. The molecular weight excluding hydrogens is 214 g/mol. The Hall–Kier alpha value is -1.06. The maximum atomic E-state index is 11.0. The number of anilines is 1. The molecule has 0 bridgehead atoms. The van der Waals surface area contributed by atoms with E-state index in [1.807, 2.05) is 13.0 Å². The first-order chi connectivity index (χ1) is 7.06. The third-order valence-corrected chi connectivity index (χ3v) is 2.41. The highest BCUT2D eigenvalue weighted by Gasteiger charge is 2.10. The Balaban J connectivity index is 3.18. The molecule has 3 nitrogen and oxygen atoms in total. The molecule has 0 aliphatic carbocycles. The molecule has 0 fully saturated rings. The van der Waals surface area contributed by atoms with Crippen molar-refractivity contribution in [1.82, 2.24) is 0 Å². The molecule has 0 aliphatic heterocycles. The van der Waals surface area contributed by atoms with Gasteiger partial charge in [0.1, 0.15) is 0 Å². The minimum atomic E-state index is -0.113. The summed E-state index contributed by atoms with van der Waals surface area (Å²) in [5.74, 6) is -0.113. The molecule has 1 N–H and O–H groups in total. The van der Waals surface area contributed by atoms with Crippen LogP contribution in [0.15, 0.2) is 12.1 Å². The van der Waals surface area contributed by atoms with Crippen LogP contribution in [0.4, 0.5) is 5.69 Å². The van der Waals surface area contributed by atoms with Gasteiger partial charge in [-0.25, -0.2) is 0 Å². The number of nitrogens with one attached hydrogen (secondary N) is 1. The Morgan fingerprint density at radius 2 is 2.20 bits per heavy atom. The van der Waals surface area contributed by atoms with Gasteiger partial charge in [-0.3, -0.25) is 4.79 Å². The normalized spacial score (nSPS) is 10.1. The van der Waals surface area contributed by atoms with Crippen molar-refractivity contribution in [3.05, 3.63) is 28.3 Å². The molecule has 0 heterocycles. The lowest BCUT2D eigenvalue weighted by Gasteiger charge is -2.13. The van der Waals surface area contributed by atoms with Gasteiger partial charge in [-0.15, -0.1) is 0 Å². The number of aryl methyl sites for hydroxylation is 1. The molecular formula is C11H14ClNO2. The molecule has 0 saturated carbocycles. The second kappa shape index (κ2) is 5.14. The van der Waals surface area contributed by atoms with Crippen LogP contribution >= 0.6 is 11.6 Å². The standard InChI is InChI=1S/C11H14ClNO2/c1-7-4-5-10(12)9(6-15-3)11(7)13-8(2)14/h4-5H,6H2,1-3H3,(H,13,14). The SMILES string of the molecule is COCc1c(Cl)ccc(C)c1NC(C)=O. The summed E-state index contributed by atoms with van der Waals surface area (Å²) >= 11 is 6.03. The lowest BCUT2D eigenvalue weighted by molar-refractivity contribution is -0.114. The van der Waals surface area contributed by atoms with E-state index in [-0.39, 0.29) is 5.91 Å². The van der Waals surface area contributed by atoms with E-state index < -0.39 is 0 Å². The van der Waals surface area contributed by atoms with Crippen LogP contribution in [0.25, 0.3) is 0 Å². The zero-order chi connectivity index (χ0) is 11.4. The van der Waals surface area contributed by atoms with Gasteiger partial charge in [0.05, 0.1) is 12.3 Å². The quantitative estimate of drug-likeness (QED) is 0.863. The van der Waals surface area contributed by atoms with Crippen molar-refractivity contribution in [2.45, 2.75) is 20.5 Å². The van der Waals surface area contributed by atoms with Crippen LogP contribution in [0.2, 0.25) is 5.02 Å². The molecule has 82 valence electrons. The van der Waals surface area contributed by atoms with E-state index in [0.717, 1.165) is 16.8 Å². The zero-order valence-electron chi connectivity index (χ0n) is 9.06. The topological polar surface area (TPSA) is 38.3 Å². The highest BCUT2D eigenvalue weighted by molar-refractivity contribution is 6.31. The summed E-state index contributed by atoms with van der Waals surface area (Å²) in [6.07, 6.45) is 0. The maximum absolute atomic E-state index is 11.0. The van der Waals surface area contributed by atoms with Crippen molar-refractivity contribution in [2.75, 3.05) is 12.4 Å². The van der Waals surface area contributed by atoms with Crippen molar-refractivity contribution in [2.24, 2.45) is 0 Å². The van der Waals surface area contributed by atoms with Crippen molar-refractivity contribution in [3.8, 4) is 0 Å². The zero-order valence-corrected chi connectivity index (χ0v) is 9.81. The highest BCUT2D eigenvalue weighted by atomic mass is 35.5. The van der Waals surface area contributed by atoms with E-state index in [1.54, 1.807) is 13.2 Å². The Kier molecular flexibility index (Phi) is 4.12. The predicted octanol–water partition coefficient (Wildman–Crippen LogP) is 2.75. The van der Waals surface area contributed by atoms with E-state index in [0.29, 0.717) is 11.6 Å². The molecule has 0 atom stereocenters. The Morgan fingerprint density at radius 3 is 2.73 bits per heavy atom. The molecule has 1 aromatic carbocycles. The number of carbonyl (C=O) groups is 1.